The number of anilines is 1. The average molecular weight is 378 g/mol. The normalized spacial score (nSPS) is 15.5. The van der Waals surface area contributed by atoms with Gasteiger partial charge in [-0.05, 0) is 38.0 Å². The summed E-state index contributed by atoms with van der Waals surface area (Å²) in [6.45, 7) is 3.48. The Bertz CT molecular complexity index is 728. The molecule has 0 unspecified atom stereocenters. The Morgan fingerprint density at radius 1 is 1.38 bits per heavy atom. The minimum absolute atomic E-state index is 0.0745. The molecule has 1 saturated carbocycles. The molecule has 0 spiro atoms. The Hall–Kier alpha value is -1.70. The first-order valence-electron chi connectivity index (χ1n) is 9.37. The lowest BCUT2D eigenvalue weighted by molar-refractivity contribution is -0.118. The number of fused-ring (bicyclic) bond motifs is 1. The minimum atomic E-state index is -0.0758. The summed E-state index contributed by atoms with van der Waals surface area (Å²) >= 11 is 1.45. The Morgan fingerprint density at radius 2 is 2.19 bits per heavy atom. The van der Waals surface area contributed by atoms with Gasteiger partial charge in [0.15, 0.2) is 5.13 Å². The average Bonchev–Trinajstić information content (AvgIpc) is 3.03. The van der Waals surface area contributed by atoms with Crippen LogP contribution < -0.4 is 10.1 Å². The van der Waals surface area contributed by atoms with E-state index < -0.39 is 0 Å². The van der Waals surface area contributed by atoms with E-state index in [-0.39, 0.29) is 12.5 Å². The molecule has 0 bridgehead atoms. The molecule has 0 aliphatic heterocycles. The lowest BCUT2D eigenvalue weighted by Gasteiger charge is -2.33. The number of ether oxygens (including phenoxy) is 1. The van der Waals surface area contributed by atoms with Crippen molar-refractivity contribution in [3.63, 3.8) is 0 Å². The highest BCUT2D eigenvalue weighted by Crippen LogP contribution is 2.29. The molecule has 1 heterocycles. The predicted octanol–water partition coefficient (Wildman–Crippen LogP) is 3.26. The summed E-state index contributed by atoms with van der Waals surface area (Å²) < 4.78 is 6.50. The third-order valence-corrected chi connectivity index (χ3v) is 5.68. The molecule has 3 rings (SSSR count). The second-order valence-corrected chi connectivity index (χ2v) is 7.65. The van der Waals surface area contributed by atoms with Gasteiger partial charge in [0.2, 0.25) is 5.91 Å². The van der Waals surface area contributed by atoms with Gasteiger partial charge in [0.25, 0.3) is 0 Å². The number of benzene rings is 1. The van der Waals surface area contributed by atoms with Crippen molar-refractivity contribution in [2.24, 2.45) is 0 Å². The smallest absolute Gasteiger partial charge is 0.240 e. The summed E-state index contributed by atoms with van der Waals surface area (Å²) in [5.41, 5.74) is 0.855. The SMILES string of the molecule is CCOc1ccc2nc(NC(=O)CN(CCO)C3CCCCC3)sc2c1. The molecule has 6 nitrogen and oxygen atoms in total. The number of aromatic nitrogens is 1. The largest absolute Gasteiger partial charge is 0.494 e. The minimum Gasteiger partial charge on any atom is -0.494 e. The Kier molecular flexibility index (Phi) is 6.82. The number of nitrogens with one attached hydrogen (secondary N) is 1. The Balaban J connectivity index is 1.63. The molecule has 1 fully saturated rings. The lowest BCUT2D eigenvalue weighted by Crippen LogP contribution is -2.43. The molecule has 0 atom stereocenters. The number of rotatable bonds is 8. The number of amides is 1. The molecule has 1 amide bonds. The van der Waals surface area contributed by atoms with Crippen molar-refractivity contribution < 1.29 is 14.6 Å². The second kappa shape index (κ2) is 9.30. The first kappa shape index (κ1) is 19.1. The van der Waals surface area contributed by atoms with Crippen LogP contribution in [0.4, 0.5) is 5.13 Å². The van der Waals surface area contributed by atoms with Crippen LogP contribution in [-0.2, 0) is 4.79 Å². The number of hydrogen-bond donors (Lipinski definition) is 2. The fourth-order valence-electron chi connectivity index (χ4n) is 3.52. The van der Waals surface area contributed by atoms with Gasteiger partial charge in [0, 0.05) is 12.6 Å². The monoisotopic (exact) mass is 377 g/mol. The molecule has 26 heavy (non-hydrogen) atoms. The highest BCUT2D eigenvalue weighted by atomic mass is 32.1. The van der Waals surface area contributed by atoms with Crippen LogP contribution in [-0.4, -0.2) is 53.2 Å². The first-order chi connectivity index (χ1) is 12.7. The summed E-state index contributed by atoms with van der Waals surface area (Å²) in [5, 5.41) is 12.9. The number of hydrogen-bond acceptors (Lipinski definition) is 6. The molecule has 1 aliphatic rings. The highest BCUT2D eigenvalue weighted by Gasteiger charge is 2.23. The van der Waals surface area contributed by atoms with E-state index in [1.54, 1.807) is 0 Å². The topological polar surface area (TPSA) is 74.7 Å². The second-order valence-electron chi connectivity index (χ2n) is 6.62. The third-order valence-electron chi connectivity index (χ3n) is 4.74. The number of aliphatic hydroxyl groups is 1. The zero-order chi connectivity index (χ0) is 18.4. The summed E-state index contributed by atoms with van der Waals surface area (Å²) in [6, 6.07) is 6.15. The van der Waals surface area contributed by atoms with E-state index in [0.29, 0.717) is 30.9 Å². The van der Waals surface area contributed by atoms with E-state index >= 15 is 0 Å². The van der Waals surface area contributed by atoms with Gasteiger partial charge < -0.3 is 15.2 Å². The Labute approximate surface area is 158 Å². The number of thiazole rings is 1. The number of nitrogens with zero attached hydrogens (tertiary/aromatic N) is 2. The van der Waals surface area contributed by atoms with Gasteiger partial charge in [-0.25, -0.2) is 4.98 Å². The van der Waals surface area contributed by atoms with Gasteiger partial charge in [0.05, 0.1) is 30.0 Å². The molecule has 2 N–H and O–H groups in total. The maximum Gasteiger partial charge on any atom is 0.240 e. The van der Waals surface area contributed by atoms with Gasteiger partial charge in [0.1, 0.15) is 5.75 Å². The van der Waals surface area contributed by atoms with E-state index in [9.17, 15) is 9.90 Å². The van der Waals surface area contributed by atoms with E-state index in [1.807, 2.05) is 25.1 Å². The number of aliphatic hydroxyl groups excluding tert-OH is 1. The molecule has 1 aromatic carbocycles. The Morgan fingerprint density at radius 3 is 2.92 bits per heavy atom. The van der Waals surface area contributed by atoms with Gasteiger partial charge in [-0.2, -0.15) is 0 Å². The van der Waals surface area contributed by atoms with Crippen molar-refractivity contribution in [2.75, 3.05) is 31.6 Å². The lowest BCUT2D eigenvalue weighted by atomic mass is 9.94. The summed E-state index contributed by atoms with van der Waals surface area (Å²) in [6.07, 6.45) is 5.89. The van der Waals surface area contributed by atoms with Crippen molar-refractivity contribution in [3.8, 4) is 5.75 Å². The molecule has 1 aromatic heterocycles. The fourth-order valence-corrected chi connectivity index (χ4v) is 4.43. The maximum absolute atomic E-state index is 12.5. The molecule has 2 aromatic rings. The zero-order valence-corrected chi connectivity index (χ0v) is 16.1. The van der Waals surface area contributed by atoms with Gasteiger partial charge >= 0.3 is 0 Å². The van der Waals surface area contributed by atoms with Crippen LogP contribution >= 0.6 is 11.3 Å². The van der Waals surface area contributed by atoms with E-state index in [1.165, 1.54) is 30.6 Å². The summed E-state index contributed by atoms with van der Waals surface area (Å²) in [5.74, 6) is 0.737. The molecule has 0 radical (unpaired) electrons. The number of carbonyl (C=O) groups excluding carboxylic acids is 1. The zero-order valence-electron chi connectivity index (χ0n) is 15.2. The fraction of sp³-hybridized carbons (Fsp3) is 0.579. The predicted molar refractivity (Wildman–Crippen MR) is 105 cm³/mol. The van der Waals surface area contributed by atoms with Crippen molar-refractivity contribution >= 4 is 32.6 Å². The van der Waals surface area contributed by atoms with E-state index in [0.717, 1.165) is 28.8 Å². The molecule has 7 heteroatoms. The van der Waals surface area contributed by atoms with Crippen LogP contribution in [0.1, 0.15) is 39.0 Å². The van der Waals surface area contributed by atoms with Crippen LogP contribution in [0.25, 0.3) is 10.2 Å². The quantitative estimate of drug-likeness (QED) is 0.739. The van der Waals surface area contributed by atoms with Crippen LogP contribution in [0.5, 0.6) is 5.75 Å². The summed E-state index contributed by atoms with van der Waals surface area (Å²) in [4.78, 5) is 19.1. The van der Waals surface area contributed by atoms with Gasteiger partial charge in [-0.1, -0.05) is 30.6 Å². The molecule has 0 saturated heterocycles. The molecular formula is C19H27N3O3S. The van der Waals surface area contributed by atoms with Crippen LogP contribution in [0, 0.1) is 0 Å². The van der Waals surface area contributed by atoms with Crippen molar-refractivity contribution in [1.29, 1.82) is 0 Å². The van der Waals surface area contributed by atoms with Gasteiger partial charge in [-0.15, -0.1) is 0 Å². The van der Waals surface area contributed by atoms with E-state index in [2.05, 4.69) is 15.2 Å². The third kappa shape index (κ3) is 4.93. The van der Waals surface area contributed by atoms with Crippen LogP contribution in [0.2, 0.25) is 0 Å². The highest BCUT2D eigenvalue weighted by molar-refractivity contribution is 7.22. The first-order valence-corrected chi connectivity index (χ1v) is 10.2. The van der Waals surface area contributed by atoms with Crippen molar-refractivity contribution in [1.82, 2.24) is 9.88 Å². The summed E-state index contributed by atoms with van der Waals surface area (Å²) in [7, 11) is 0. The standard InChI is InChI=1S/C19H27N3O3S/c1-2-25-15-8-9-16-17(12-15)26-19(20-16)21-18(24)13-22(10-11-23)14-6-4-3-5-7-14/h8-9,12,14,23H,2-7,10-11,13H2,1H3,(H,20,21,24). The number of carbonyl (C=O) groups is 1. The van der Waals surface area contributed by atoms with Crippen molar-refractivity contribution in [3.05, 3.63) is 18.2 Å². The van der Waals surface area contributed by atoms with Crippen LogP contribution in [0.3, 0.4) is 0 Å². The van der Waals surface area contributed by atoms with Crippen molar-refractivity contribution in [2.45, 2.75) is 45.1 Å². The molecular weight excluding hydrogens is 350 g/mol. The maximum atomic E-state index is 12.5. The van der Waals surface area contributed by atoms with Gasteiger partial charge in [-0.3, -0.25) is 9.69 Å². The molecule has 1 aliphatic carbocycles. The molecule has 142 valence electrons. The van der Waals surface area contributed by atoms with E-state index in [4.69, 9.17) is 4.74 Å². The van der Waals surface area contributed by atoms with Crippen LogP contribution in [0.15, 0.2) is 18.2 Å².